The van der Waals surface area contributed by atoms with Gasteiger partial charge in [0.05, 0.1) is 6.42 Å². The van der Waals surface area contributed by atoms with Crippen molar-refractivity contribution in [1.29, 1.82) is 0 Å². The highest BCUT2D eigenvalue weighted by Gasteiger charge is 2.13. The first kappa shape index (κ1) is 13.4. The molecule has 0 aromatic carbocycles. The number of nitrogens with one attached hydrogen (secondary N) is 1. The molecule has 0 fully saturated rings. The summed E-state index contributed by atoms with van der Waals surface area (Å²) in [4.78, 5) is 19.2. The molecule has 1 aromatic heterocycles. The topological polar surface area (TPSA) is 75.1 Å². The molecule has 1 atom stereocenters. The maximum Gasteiger partial charge on any atom is 0.305 e. The molecule has 17 heavy (non-hydrogen) atoms. The lowest BCUT2D eigenvalue weighted by Gasteiger charge is -2.16. The van der Waals surface area contributed by atoms with Crippen LogP contribution >= 0.6 is 0 Å². The van der Waals surface area contributed by atoms with Gasteiger partial charge in [-0.3, -0.25) is 4.79 Å². The summed E-state index contributed by atoms with van der Waals surface area (Å²) in [7, 11) is 0. The zero-order valence-corrected chi connectivity index (χ0v) is 10.5. The minimum atomic E-state index is -0.805. The molecule has 0 saturated heterocycles. The standard InChI is InChI=1S/C12H19N3O2/c1-4-5-10(7-11(16)17)15-12-13-8(2)6-9(3)14-12/h6,10H,4-5,7H2,1-3H3,(H,16,17)(H,13,14,15). The van der Waals surface area contributed by atoms with Gasteiger partial charge in [-0.25, -0.2) is 9.97 Å². The van der Waals surface area contributed by atoms with Crippen LogP contribution in [0, 0.1) is 13.8 Å². The van der Waals surface area contributed by atoms with Crippen molar-refractivity contribution in [1.82, 2.24) is 9.97 Å². The minimum absolute atomic E-state index is 0.0875. The van der Waals surface area contributed by atoms with Gasteiger partial charge in [-0.2, -0.15) is 0 Å². The number of carboxylic acid groups (broad SMARTS) is 1. The van der Waals surface area contributed by atoms with Crippen molar-refractivity contribution < 1.29 is 9.90 Å². The lowest BCUT2D eigenvalue weighted by Crippen LogP contribution is -2.24. The van der Waals surface area contributed by atoms with Crippen LogP contribution in [0.3, 0.4) is 0 Å². The molecular formula is C12H19N3O2. The predicted octanol–water partition coefficient (Wildman–Crippen LogP) is 2.15. The Bertz CT molecular complexity index is 373. The van der Waals surface area contributed by atoms with Crippen molar-refractivity contribution in [2.75, 3.05) is 5.32 Å². The Balaban J connectivity index is 2.74. The lowest BCUT2D eigenvalue weighted by atomic mass is 10.1. The van der Waals surface area contributed by atoms with E-state index in [1.165, 1.54) is 0 Å². The van der Waals surface area contributed by atoms with Crippen LogP contribution in [0.25, 0.3) is 0 Å². The summed E-state index contributed by atoms with van der Waals surface area (Å²) in [6.45, 7) is 5.82. The van der Waals surface area contributed by atoms with E-state index in [0.717, 1.165) is 24.2 Å². The van der Waals surface area contributed by atoms with E-state index in [1.807, 2.05) is 26.8 Å². The molecule has 1 aromatic rings. The molecule has 0 bridgehead atoms. The van der Waals surface area contributed by atoms with Gasteiger partial charge in [0, 0.05) is 17.4 Å². The SMILES string of the molecule is CCCC(CC(=O)O)Nc1nc(C)cc(C)n1. The number of rotatable bonds is 6. The van der Waals surface area contributed by atoms with Crippen LogP contribution in [-0.2, 0) is 4.79 Å². The largest absolute Gasteiger partial charge is 0.481 e. The van der Waals surface area contributed by atoms with E-state index < -0.39 is 5.97 Å². The van der Waals surface area contributed by atoms with E-state index in [2.05, 4.69) is 15.3 Å². The van der Waals surface area contributed by atoms with E-state index in [0.29, 0.717) is 5.95 Å². The number of aryl methyl sites for hydroxylation is 2. The van der Waals surface area contributed by atoms with Gasteiger partial charge < -0.3 is 10.4 Å². The second kappa shape index (κ2) is 6.18. The van der Waals surface area contributed by atoms with Crippen molar-refractivity contribution in [2.45, 2.75) is 46.1 Å². The van der Waals surface area contributed by atoms with Crippen molar-refractivity contribution in [3.8, 4) is 0 Å². The van der Waals surface area contributed by atoms with Crippen LogP contribution in [0.2, 0.25) is 0 Å². The first-order valence-electron chi connectivity index (χ1n) is 5.82. The normalized spacial score (nSPS) is 12.2. The Kier molecular flexibility index (Phi) is 4.87. The Morgan fingerprint density at radius 3 is 2.47 bits per heavy atom. The molecule has 5 heteroatoms. The van der Waals surface area contributed by atoms with E-state index in [1.54, 1.807) is 0 Å². The molecule has 0 aliphatic carbocycles. The quantitative estimate of drug-likeness (QED) is 0.793. The monoisotopic (exact) mass is 237 g/mol. The molecule has 0 radical (unpaired) electrons. The van der Waals surface area contributed by atoms with Crippen molar-refractivity contribution in [3.05, 3.63) is 17.5 Å². The predicted molar refractivity (Wildman–Crippen MR) is 66.1 cm³/mol. The smallest absolute Gasteiger partial charge is 0.305 e. The summed E-state index contributed by atoms with van der Waals surface area (Å²) in [6.07, 6.45) is 1.81. The van der Waals surface area contributed by atoms with Gasteiger partial charge in [0.1, 0.15) is 0 Å². The highest BCUT2D eigenvalue weighted by atomic mass is 16.4. The number of anilines is 1. The van der Waals surface area contributed by atoms with Gasteiger partial charge in [0.2, 0.25) is 5.95 Å². The summed E-state index contributed by atoms with van der Waals surface area (Å²) in [5, 5.41) is 11.9. The Labute approximate surface area is 101 Å². The third kappa shape index (κ3) is 4.80. The first-order chi connectivity index (χ1) is 8.01. The zero-order valence-electron chi connectivity index (χ0n) is 10.5. The van der Waals surface area contributed by atoms with Gasteiger partial charge in [-0.05, 0) is 26.3 Å². The number of aliphatic carboxylic acids is 1. The van der Waals surface area contributed by atoms with E-state index in [4.69, 9.17) is 5.11 Å². The van der Waals surface area contributed by atoms with Crippen LogP contribution in [-0.4, -0.2) is 27.1 Å². The molecule has 2 N–H and O–H groups in total. The number of hydrogen-bond donors (Lipinski definition) is 2. The van der Waals surface area contributed by atoms with E-state index in [-0.39, 0.29) is 12.5 Å². The first-order valence-corrected chi connectivity index (χ1v) is 5.82. The van der Waals surface area contributed by atoms with Crippen molar-refractivity contribution in [2.24, 2.45) is 0 Å². The molecule has 0 spiro atoms. The third-order valence-electron chi connectivity index (χ3n) is 2.37. The number of nitrogens with zero attached hydrogens (tertiary/aromatic N) is 2. The molecular weight excluding hydrogens is 218 g/mol. The molecule has 94 valence electrons. The zero-order chi connectivity index (χ0) is 12.8. The summed E-state index contributed by atoms with van der Waals surface area (Å²) in [6, 6.07) is 1.77. The van der Waals surface area contributed by atoms with Gasteiger partial charge in [-0.1, -0.05) is 13.3 Å². The van der Waals surface area contributed by atoms with Crippen molar-refractivity contribution in [3.63, 3.8) is 0 Å². The number of aromatic nitrogens is 2. The van der Waals surface area contributed by atoms with E-state index >= 15 is 0 Å². The summed E-state index contributed by atoms with van der Waals surface area (Å²) >= 11 is 0. The third-order valence-corrected chi connectivity index (χ3v) is 2.37. The van der Waals surface area contributed by atoms with Crippen LogP contribution in [0.15, 0.2) is 6.07 Å². The average molecular weight is 237 g/mol. The lowest BCUT2D eigenvalue weighted by molar-refractivity contribution is -0.137. The summed E-state index contributed by atoms with van der Waals surface area (Å²) in [5.74, 6) is -0.289. The summed E-state index contributed by atoms with van der Waals surface area (Å²) in [5.41, 5.74) is 1.76. The average Bonchev–Trinajstić information content (AvgIpc) is 2.14. The number of carbonyl (C=O) groups is 1. The molecule has 1 unspecified atom stereocenters. The molecule has 0 saturated carbocycles. The van der Waals surface area contributed by atoms with Crippen LogP contribution < -0.4 is 5.32 Å². The van der Waals surface area contributed by atoms with Crippen LogP contribution in [0.5, 0.6) is 0 Å². The Hall–Kier alpha value is -1.65. The number of hydrogen-bond acceptors (Lipinski definition) is 4. The fraction of sp³-hybridized carbons (Fsp3) is 0.583. The maximum absolute atomic E-state index is 10.7. The minimum Gasteiger partial charge on any atom is -0.481 e. The van der Waals surface area contributed by atoms with Gasteiger partial charge >= 0.3 is 5.97 Å². The van der Waals surface area contributed by atoms with Gasteiger partial charge in [0.15, 0.2) is 0 Å². The van der Waals surface area contributed by atoms with Gasteiger partial charge in [0.25, 0.3) is 0 Å². The molecule has 0 aliphatic rings. The summed E-state index contributed by atoms with van der Waals surface area (Å²) < 4.78 is 0. The molecule has 5 nitrogen and oxygen atoms in total. The number of carboxylic acids is 1. The fourth-order valence-electron chi connectivity index (χ4n) is 1.76. The molecule has 0 amide bonds. The molecule has 0 aliphatic heterocycles. The molecule has 1 rings (SSSR count). The molecule has 1 heterocycles. The van der Waals surface area contributed by atoms with Crippen LogP contribution in [0.1, 0.15) is 37.6 Å². The highest BCUT2D eigenvalue weighted by molar-refractivity contribution is 5.68. The second-order valence-corrected chi connectivity index (χ2v) is 4.20. The van der Waals surface area contributed by atoms with Gasteiger partial charge in [-0.15, -0.1) is 0 Å². The Morgan fingerprint density at radius 1 is 1.41 bits per heavy atom. The second-order valence-electron chi connectivity index (χ2n) is 4.20. The fourth-order valence-corrected chi connectivity index (χ4v) is 1.76. The Morgan fingerprint density at radius 2 is 2.00 bits per heavy atom. The van der Waals surface area contributed by atoms with E-state index in [9.17, 15) is 4.79 Å². The van der Waals surface area contributed by atoms with Crippen molar-refractivity contribution >= 4 is 11.9 Å². The van der Waals surface area contributed by atoms with Crippen LogP contribution in [0.4, 0.5) is 5.95 Å². The maximum atomic E-state index is 10.7. The highest BCUT2D eigenvalue weighted by Crippen LogP contribution is 2.10.